The lowest BCUT2D eigenvalue weighted by Crippen LogP contribution is -2.21. The molecule has 0 radical (unpaired) electrons. The summed E-state index contributed by atoms with van der Waals surface area (Å²) in [6.07, 6.45) is 6.67. The average Bonchev–Trinajstić information content (AvgIpc) is 2.88. The Hall–Kier alpha value is -1.61. The van der Waals surface area contributed by atoms with Crippen molar-refractivity contribution in [2.24, 2.45) is 0 Å². The summed E-state index contributed by atoms with van der Waals surface area (Å²) >= 11 is 0. The van der Waals surface area contributed by atoms with Gasteiger partial charge in [0, 0.05) is 24.1 Å². The molecule has 2 rings (SSSR count). The lowest BCUT2D eigenvalue weighted by Gasteiger charge is -2.15. The second-order valence-electron chi connectivity index (χ2n) is 5.30. The van der Waals surface area contributed by atoms with Crippen molar-refractivity contribution >= 4 is 0 Å². The van der Waals surface area contributed by atoms with E-state index in [2.05, 4.69) is 59.3 Å². The topological polar surface area (TPSA) is 29.9 Å². The minimum atomic E-state index is 0.460. The summed E-state index contributed by atoms with van der Waals surface area (Å²) in [5, 5.41) is 3.59. The van der Waals surface area contributed by atoms with Crippen molar-refractivity contribution in [2.75, 3.05) is 6.54 Å². The van der Waals surface area contributed by atoms with Crippen LogP contribution in [0.4, 0.5) is 0 Å². The SMILES string of the molecule is CCCNC(CC)c1ccn(Cc2cccc(C)n2)c1. The quantitative estimate of drug-likeness (QED) is 0.832. The van der Waals surface area contributed by atoms with Crippen molar-refractivity contribution in [2.45, 2.75) is 46.2 Å². The molecule has 0 fully saturated rings. The minimum Gasteiger partial charge on any atom is -0.348 e. The van der Waals surface area contributed by atoms with Crippen LogP contribution in [0, 0.1) is 6.92 Å². The van der Waals surface area contributed by atoms with Crippen LogP contribution in [0.1, 0.15) is 49.7 Å². The number of nitrogens with one attached hydrogen (secondary N) is 1. The Morgan fingerprint density at radius 2 is 2.10 bits per heavy atom. The zero-order chi connectivity index (χ0) is 14.4. The van der Waals surface area contributed by atoms with Gasteiger partial charge in [-0.2, -0.15) is 0 Å². The Balaban J connectivity index is 2.04. The van der Waals surface area contributed by atoms with Crippen LogP contribution < -0.4 is 5.32 Å². The summed E-state index contributed by atoms with van der Waals surface area (Å²) in [7, 11) is 0. The van der Waals surface area contributed by atoms with Gasteiger partial charge in [0.25, 0.3) is 0 Å². The monoisotopic (exact) mass is 271 g/mol. The normalized spacial score (nSPS) is 12.6. The highest BCUT2D eigenvalue weighted by molar-refractivity contribution is 5.17. The fourth-order valence-corrected chi connectivity index (χ4v) is 2.45. The van der Waals surface area contributed by atoms with Gasteiger partial charge in [-0.05, 0) is 50.1 Å². The van der Waals surface area contributed by atoms with E-state index < -0.39 is 0 Å². The Morgan fingerprint density at radius 1 is 1.25 bits per heavy atom. The van der Waals surface area contributed by atoms with E-state index in [-0.39, 0.29) is 0 Å². The molecule has 0 aliphatic heterocycles. The summed E-state index contributed by atoms with van der Waals surface area (Å²) in [4.78, 5) is 4.56. The molecule has 0 bridgehead atoms. The molecule has 0 aromatic carbocycles. The molecule has 3 heteroatoms. The second-order valence-corrected chi connectivity index (χ2v) is 5.30. The van der Waals surface area contributed by atoms with Gasteiger partial charge in [-0.15, -0.1) is 0 Å². The molecule has 3 nitrogen and oxygen atoms in total. The van der Waals surface area contributed by atoms with E-state index >= 15 is 0 Å². The molecule has 0 aliphatic rings. The molecule has 0 spiro atoms. The number of aromatic nitrogens is 2. The molecule has 2 aromatic heterocycles. The van der Waals surface area contributed by atoms with Crippen molar-refractivity contribution in [1.82, 2.24) is 14.9 Å². The number of hydrogen-bond donors (Lipinski definition) is 1. The first kappa shape index (κ1) is 14.8. The summed E-state index contributed by atoms with van der Waals surface area (Å²) in [6, 6.07) is 8.86. The van der Waals surface area contributed by atoms with E-state index in [4.69, 9.17) is 0 Å². The van der Waals surface area contributed by atoms with Crippen LogP contribution in [-0.4, -0.2) is 16.1 Å². The van der Waals surface area contributed by atoms with E-state index in [1.54, 1.807) is 0 Å². The first-order chi connectivity index (χ1) is 9.72. The average molecular weight is 271 g/mol. The number of hydrogen-bond acceptors (Lipinski definition) is 2. The van der Waals surface area contributed by atoms with Gasteiger partial charge in [0.1, 0.15) is 0 Å². The van der Waals surface area contributed by atoms with Crippen molar-refractivity contribution in [3.63, 3.8) is 0 Å². The van der Waals surface area contributed by atoms with Crippen molar-refractivity contribution in [1.29, 1.82) is 0 Å². The van der Waals surface area contributed by atoms with E-state index in [9.17, 15) is 0 Å². The van der Waals surface area contributed by atoms with E-state index in [0.29, 0.717) is 6.04 Å². The predicted molar refractivity (Wildman–Crippen MR) is 83.8 cm³/mol. The Kier molecular flexibility index (Phi) is 5.36. The fraction of sp³-hybridized carbons (Fsp3) is 0.471. The molecule has 108 valence electrons. The molecule has 0 aliphatic carbocycles. The smallest absolute Gasteiger partial charge is 0.0642 e. The fourth-order valence-electron chi connectivity index (χ4n) is 2.45. The van der Waals surface area contributed by atoms with Crippen LogP contribution in [0.15, 0.2) is 36.7 Å². The van der Waals surface area contributed by atoms with Crippen LogP contribution in [0.2, 0.25) is 0 Å². The van der Waals surface area contributed by atoms with E-state index in [1.807, 2.05) is 13.0 Å². The number of nitrogens with zero attached hydrogens (tertiary/aromatic N) is 2. The molecule has 0 saturated carbocycles. The third-order valence-electron chi connectivity index (χ3n) is 3.52. The van der Waals surface area contributed by atoms with Crippen LogP contribution >= 0.6 is 0 Å². The van der Waals surface area contributed by atoms with Crippen LogP contribution in [0.5, 0.6) is 0 Å². The first-order valence-corrected chi connectivity index (χ1v) is 7.54. The first-order valence-electron chi connectivity index (χ1n) is 7.54. The second kappa shape index (κ2) is 7.25. The molecule has 1 N–H and O–H groups in total. The summed E-state index contributed by atoms with van der Waals surface area (Å²) in [5.74, 6) is 0. The largest absolute Gasteiger partial charge is 0.348 e. The van der Waals surface area contributed by atoms with Gasteiger partial charge >= 0.3 is 0 Å². The van der Waals surface area contributed by atoms with Gasteiger partial charge in [-0.25, -0.2) is 0 Å². The number of pyridine rings is 1. The maximum atomic E-state index is 4.56. The highest BCUT2D eigenvalue weighted by Gasteiger charge is 2.09. The molecule has 2 aromatic rings. The Morgan fingerprint density at radius 3 is 2.80 bits per heavy atom. The molecule has 0 amide bonds. The van der Waals surface area contributed by atoms with Crippen LogP contribution in [0.25, 0.3) is 0 Å². The number of aryl methyl sites for hydroxylation is 1. The third-order valence-corrected chi connectivity index (χ3v) is 3.52. The van der Waals surface area contributed by atoms with Gasteiger partial charge in [0.15, 0.2) is 0 Å². The Bertz CT molecular complexity index is 531. The predicted octanol–water partition coefficient (Wildman–Crippen LogP) is 3.69. The van der Waals surface area contributed by atoms with Gasteiger partial charge < -0.3 is 9.88 Å². The van der Waals surface area contributed by atoms with Gasteiger partial charge in [0.05, 0.1) is 12.2 Å². The minimum absolute atomic E-state index is 0.460. The lowest BCUT2D eigenvalue weighted by atomic mass is 10.1. The van der Waals surface area contributed by atoms with Crippen LogP contribution in [0.3, 0.4) is 0 Å². The lowest BCUT2D eigenvalue weighted by molar-refractivity contribution is 0.517. The number of rotatable bonds is 7. The summed E-state index contributed by atoms with van der Waals surface area (Å²) in [5.41, 5.74) is 3.56. The van der Waals surface area contributed by atoms with E-state index in [1.165, 1.54) is 12.0 Å². The van der Waals surface area contributed by atoms with E-state index in [0.717, 1.165) is 30.9 Å². The van der Waals surface area contributed by atoms with Crippen LogP contribution in [-0.2, 0) is 6.54 Å². The highest BCUT2D eigenvalue weighted by Crippen LogP contribution is 2.17. The molecular formula is C17H25N3. The zero-order valence-corrected chi connectivity index (χ0v) is 12.8. The van der Waals surface area contributed by atoms with Gasteiger partial charge in [-0.3, -0.25) is 4.98 Å². The standard InChI is InChI=1S/C17H25N3/c1-4-10-18-17(5-2)15-9-11-20(12-15)13-16-8-6-7-14(3)19-16/h6-9,11-12,17-18H,4-5,10,13H2,1-3H3. The van der Waals surface area contributed by atoms with Gasteiger partial charge in [-0.1, -0.05) is 19.9 Å². The molecule has 1 atom stereocenters. The molecule has 20 heavy (non-hydrogen) atoms. The Labute approximate surface area is 122 Å². The van der Waals surface area contributed by atoms with Crippen molar-refractivity contribution < 1.29 is 0 Å². The molecule has 0 saturated heterocycles. The zero-order valence-electron chi connectivity index (χ0n) is 12.8. The van der Waals surface area contributed by atoms with Gasteiger partial charge in [0.2, 0.25) is 0 Å². The maximum Gasteiger partial charge on any atom is 0.0642 e. The van der Waals surface area contributed by atoms with Crippen molar-refractivity contribution in [3.05, 3.63) is 53.6 Å². The molecular weight excluding hydrogens is 246 g/mol. The summed E-state index contributed by atoms with van der Waals surface area (Å²) < 4.78 is 2.22. The maximum absolute atomic E-state index is 4.56. The van der Waals surface area contributed by atoms with Crippen molar-refractivity contribution in [3.8, 4) is 0 Å². The molecule has 1 unspecified atom stereocenters. The third kappa shape index (κ3) is 3.94. The summed E-state index contributed by atoms with van der Waals surface area (Å²) in [6.45, 7) is 8.38. The highest BCUT2D eigenvalue weighted by atomic mass is 15.0. The molecule has 2 heterocycles.